The van der Waals surface area contributed by atoms with Gasteiger partial charge in [-0.1, -0.05) is 0 Å². The highest BCUT2D eigenvalue weighted by Gasteiger charge is 2.32. The summed E-state index contributed by atoms with van der Waals surface area (Å²) in [6, 6.07) is 4.89. The minimum Gasteiger partial charge on any atom is -0.481 e. The van der Waals surface area contributed by atoms with Crippen molar-refractivity contribution in [1.29, 1.82) is 0 Å². The zero-order chi connectivity index (χ0) is 18.0. The first-order valence-electron chi connectivity index (χ1n) is 8.39. The van der Waals surface area contributed by atoms with Gasteiger partial charge in [0, 0.05) is 38.5 Å². The third kappa shape index (κ3) is 3.85. The summed E-state index contributed by atoms with van der Waals surface area (Å²) in [6.07, 6.45) is -0.00715. The lowest BCUT2D eigenvalue weighted by Gasteiger charge is -2.26. The Bertz CT molecular complexity index is 666. The lowest BCUT2D eigenvalue weighted by Crippen LogP contribution is -2.45. The Morgan fingerprint density at radius 3 is 2.92 bits per heavy atom. The highest BCUT2D eigenvalue weighted by atomic mass is 16.5. The van der Waals surface area contributed by atoms with E-state index in [9.17, 15) is 9.59 Å². The molecule has 2 atom stereocenters. The molecule has 3 rings (SSSR count). The Balaban J connectivity index is 1.62. The number of fused-ring (bicyclic) bond motifs is 1. The molecule has 2 aliphatic heterocycles. The van der Waals surface area contributed by atoms with Crippen molar-refractivity contribution in [2.75, 3.05) is 50.6 Å². The van der Waals surface area contributed by atoms with Crippen molar-refractivity contribution in [3.63, 3.8) is 0 Å². The fourth-order valence-electron chi connectivity index (χ4n) is 3.17. The van der Waals surface area contributed by atoms with Crippen molar-refractivity contribution in [3.8, 4) is 5.75 Å². The van der Waals surface area contributed by atoms with Crippen molar-refractivity contribution in [3.05, 3.63) is 18.2 Å². The maximum atomic E-state index is 12.3. The highest BCUT2D eigenvalue weighted by molar-refractivity contribution is 5.98. The van der Waals surface area contributed by atoms with Crippen LogP contribution in [0.15, 0.2) is 18.2 Å². The molecule has 1 aromatic carbocycles. The molecule has 0 radical (unpaired) electrons. The number of nitrogens with zero attached hydrogens (tertiary/aromatic N) is 2. The molecule has 2 N–H and O–H groups in total. The van der Waals surface area contributed by atoms with Gasteiger partial charge in [0.25, 0.3) is 5.91 Å². The Labute approximate surface area is 147 Å². The molecule has 0 saturated carbocycles. The van der Waals surface area contributed by atoms with Crippen LogP contribution in [-0.2, 0) is 9.53 Å². The number of anilines is 2. The number of benzene rings is 1. The van der Waals surface area contributed by atoms with E-state index < -0.39 is 0 Å². The van der Waals surface area contributed by atoms with Crippen LogP contribution in [0, 0.1) is 0 Å². The van der Waals surface area contributed by atoms with Crippen LogP contribution in [0.3, 0.4) is 0 Å². The van der Waals surface area contributed by atoms with Crippen LogP contribution in [-0.4, -0.2) is 69.4 Å². The zero-order valence-electron chi connectivity index (χ0n) is 14.7. The van der Waals surface area contributed by atoms with Crippen molar-refractivity contribution in [2.45, 2.75) is 19.1 Å². The van der Waals surface area contributed by atoms with Crippen LogP contribution in [0.5, 0.6) is 5.75 Å². The Kier molecular flexibility index (Phi) is 5.10. The number of likely N-dealkylation sites (tertiary alicyclic amines) is 1. The molecule has 0 aliphatic carbocycles. The zero-order valence-corrected chi connectivity index (χ0v) is 14.7. The largest absolute Gasteiger partial charge is 0.481 e. The van der Waals surface area contributed by atoms with Gasteiger partial charge >= 0.3 is 6.03 Å². The first kappa shape index (κ1) is 17.5. The summed E-state index contributed by atoms with van der Waals surface area (Å²) in [5.41, 5.74) is 1.30. The summed E-state index contributed by atoms with van der Waals surface area (Å²) in [7, 11) is 3.71. The first-order chi connectivity index (χ1) is 12.0. The van der Waals surface area contributed by atoms with Gasteiger partial charge in [0.15, 0.2) is 6.61 Å². The molecule has 1 saturated heterocycles. The molecular weight excluding hydrogens is 324 g/mol. The van der Waals surface area contributed by atoms with Crippen LogP contribution < -0.4 is 20.3 Å². The molecule has 2 heterocycles. The molecule has 0 bridgehead atoms. The molecular formula is C17H24N4O4. The summed E-state index contributed by atoms with van der Waals surface area (Å²) in [4.78, 5) is 27.6. The van der Waals surface area contributed by atoms with Gasteiger partial charge in [-0.05, 0) is 26.1 Å². The summed E-state index contributed by atoms with van der Waals surface area (Å²) in [5.74, 6) is 0.478. The van der Waals surface area contributed by atoms with Crippen LogP contribution >= 0.6 is 0 Å². The van der Waals surface area contributed by atoms with E-state index >= 15 is 0 Å². The average molecular weight is 348 g/mol. The van der Waals surface area contributed by atoms with Gasteiger partial charge in [0.1, 0.15) is 5.75 Å². The van der Waals surface area contributed by atoms with Crippen LogP contribution in [0.2, 0.25) is 0 Å². The average Bonchev–Trinajstić information content (AvgIpc) is 2.90. The van der Waals surface area contributed by atoms with E-state index in [-0.39, 0.29) is 30.7 Å². The number of carbonyl (C=O) groups is 2. The minimum absolute atomic E-state index is 0.00357. The number of amides is 3. The molecule has 0 spiro atoms. The monoisotopic (exact) mass is 348 g/mol. The van der Waals surface area contributed by atoms with Gasteiger partial charge in [0.05, 0.1) is 17.8 Å². The maximum absolute atomic E-state index is 12.3. The lowest BCUT2D eigenvalue weighted by molar-refractivity contribution is -0.120. The number of likely N-dealkylation sites (N-methyl/N-ethyl adjacent to an activating group) is 2. The Morgan fingerprint density at radius 1 is 1.36 bits per heavy atom. The molecule has 2 aliphatic rings. The number of urea groups is 1. The van der Waals surface area contributed by atoms with E-state index in [0.717, 1.165) is 13.1 Å². The van der Waals surface area contributed by atoms with Crippen molar-refractivity contribution in [1.82, 2.24) is 10.2 Å². The first-order valence-corrected chi connectivity index (χ1v) is 8.39. The molecule has 0 aromatic heterocycles. The quantitative estimate of drug-likeness (QED) is 0.844. The molecule has 0 unspecified atom stereocenters. The summed E-state index contributed by atoms with van der Waals surface area (Å²) < 4.78 is 11.1. The van der Waals surface area contributed by atoms with Gasteiger partial charge < -0.3 is 29.9 Å². The van der Waals surface area contributed by atoms with Crippen molar-refractivity contribution < 1.29 is 19.1 Å². The summed E-state index contributed by atoms with van der Waals surface area (Å²) in [6.45, 7) is 4.12. The third-order valence-electron chi connectivity index (χ3n) is 4.45. The number of hydrogen-bond donors (Lipinski definition) is 2. The second kappa shape index (κ2) is 7.28. The Morgan fingerprint density at radius 2 is 2.16 bits per heavy atom. The van der Waals surface area contributed by atoms with E-state index in [4.69, 9.17) is 9.47 Å². The number of hydrogen-bond acceptors (Lipinski definition) is 5. The number of carbonyl (C=O) groups excluding carboxylic acids is 2. The lowest BCUT2D eigenvalue weighted by atomic mass is 10.2. The predicted molar refractivity (Wildman–Crippen MR) is 94.2 cm³/mol. The van der Waals surface area contributed by atoms with E-state index in [1.807, 2.05) is 14.0 Å². The van der Waals surface area contributed by atoms with Crippen LogP contribution in [0.4, 0.5) is 16.2 Å². The normalized spacial score (nSPS) is 23.2. The van der Waals surface area contributed by atoms with Crippen molar-refractivity contribution in [2.24, 2.45) is 0 Å². The Hall–Kier alpha value is -2.32. The standard InChI is InChI=1S/C17H24N4O4/c1-4-24-15-9-20(2)8-12(15)19-17(23)18-11-5-6-13-14(7-11)25-10-16(22)21(13)3/h5-7,12,15H,4,8-10H2,1-3H3,(H2,18,19,23)/t12-,15-/m1/s1. The summed E-state index contributed by atoms with van der Waals surface area (Å²) >= 11 is 0. The van der Waals surface area contributed by atoms with Crippen molar-refractivity contribution >= 4 is 23.3 Å². The SMILES string of the molecule is CCO[C@@H]1CN(C)C[C@H]1NC(=O)Nc1ccc2c(c1)OCC(=O)N2C. The number of rotatable bonds is 4. The van der Waals surface area contributed by atoms with E-state index in [1.165, 1.54) is 0 Å². The predicted octanol–water partition coefficient (Wildman–Crippen LogP) is 0.882. The number of ether oxygens (including phenoxy) is 2. The molecule has 8 heteroatoms. The van der Waals surface area contributed by atoms with Crippen LogP contribution in [0.1, 0.15) is 6.92 Å². The van der Waals surface area contributed by atoms with E-state index in [0.29, 0.717) is 23.7 Å². The second-order valence-corrected chi connectivity index (χ2v) is 6.34. The van der Waals surface area contributed by atoms with Gasteiger partial charge in [-0.25, -0.2) is 4.79 Å². The highest BCUT2D eigenvalue weighted by Crippen LogP contribution is 2.33. The second-order valence-electron chi connectivity index (χ2n) is 6.34. The van der Waals surface area contributed by atoms with Crippen LogP contribution in [0.25, 0.3) is 0 Å². The molecule has 1 aromatic rings. The van der Waals surface area contributed by atoms with Gasteiger partial charge in [-0.2, -0.15) is 0 Å². The van der Waals surface area contributed by atoms with E-state index in [2.05, 4.69) is 15.5 Å². The smallest absolute Gasteiger partial charge is 0.319 e. The topological polar surface area (TPSA) is 83.1 Å². The summed E-state index contributed by atoms with van der Waals surface area (Å²) in [5, 5.41) is 5.78. The molecule has 1 fully saturated rings. The molecule has 25 heavy (non-hydrogen) atoms. The molecule has 3 amide bonds. The fraction of sp³-hybridized carbons (Fsp3) is 0.529. The maximum Gasteiger partial charge on any atom is 0.319 e. The number of nitrogens with one attached hydrogen (secondary N) is 2. The third-order valence-corrected chi connectivity index (χ3v) is 4.45. The van der Waals surface area contributed by atoms with Gasteiger partial charge in [-0.15, -0.1) is 0 Å². The van der Waals surface area contributed by atoms with E-state index in [1.54, 1.807) is 30.1 Å². The molecule has 8 nitrogen and oxygen atoms in total. The van der Waals surface area contributed by atoms with Gasteiger partial charge in [-0.3, -0.25) is 4.79 Å². The molecule has 136 valence electrons. The minimum atomic E-state index is -0.287. The van der Waals surface area contributed by atoms with Gasteiger partial charge in [0.2, 0.25) is 0 Å². The fourth-order valence-corrected chi connectivity index (χ4v) is 3.17.